The number of rotatable bonds is 6. The Morgan fingerprint density at radius 1 is 1.29 bits per heavy atom. The minimum absolute atomic E-state index is 0.651. The lowest BCUT2D eigenvalue weighted by atomic mass is 10.2. The quantitative estimate of drug-likeness (QED) is 0.759. The molecule has 110 valence electrons. The number of hydrogen-bond acceptors (Lipinski definition) is 4. The number of imidazole rings is 1. The van der Waals surface area contributed by atoms with E-state index in [4.69, 9.17) is 0 Å². The molecule has 0 aliphatic heterocycles. The second kappa shape index (κ2) is 6.37. The van der Waals surface area contributed by atoms with Gasteiger partial charge in [-0.15, -0.1) is 11.3 Å². The number of nitrogens with one attached hydrogen (secondary N) is 1. The Morgan fingerprint density at radius 3 is 2.95 bits per heavy atom. The summed E-state index contributed by atoms with van der Waals surface area (Å²) in [6, 6.07) is 8.27. The first-order valence-electron chi connectivity index (χ1n) is 7.27. The molecule has 1 N–H and O–H groups in total. The predicted octanol–water partition coefficient (Wildman–Crippen LogP) is 3.29. The summed E-state index contributed by atoms with van der Waals surface area (Å²) in [5.74, 6) is 1.72. The van der Waals surface area contributed by atoms with Crippen molar-refractivity contribution in [2.45, 2.75) is 26.9 Å². The number of nitrogens with zero attached hydrogens (tertiary/aromatic N) is 3. The van der Waals surface area contributed by atoms with Gasteiger partial charge in [0.25, 0.3) is 0 Å². The van der Waals surface area contributed by atoms with E-state index in [1.54, 1.807) is 11.3 Å². The molecule has 1 aromatic carbocycles. The molecule has 5 heteroatoms. The second-order valence-electron chi connectivity index (χ2n) is 5.57. The van der Waals surface area contributed by atoms with Crippen molar-refractivity contribution in [3.05, 3.63) is 47.5 Å². The molecule has 3 rings (SSSR count). The van der Waals surface area contributed by atoms with E-state index in [2.05, 4.69) is 51.9 Å². The summed E-state index contributed by atoms with van der Waals surface area (Å²) in [5, 5.41) is 4.56. The number of benzene rings is 1. The van der Waals surface area contributed by atoms with Gasteiger partial charge >= 0.3 is 0 Å². The third-order valence-electron chi connectivity index (χ3n) is 3.28. The molecule has 0 aliphatic rings. The molecule has 0 fully saturated rings. The van der Waals surface area contributed by atoms with Gasteiger partial charge in [0.1, 0.15) is 10.8 Å². The Hall–Kier alpha value is -1.72. The average molecular weight is 300 g/mol. The molecule has 21 heavy (non-hydrogen) atoms. The SMILES string of the molecule is CC(C)CNCc1nccn1Cc1nc2ccccc2s1. The predicted molar refractivity (Wildman–Crippen MR) is 87.5 cm³/mol. The largest absolute Gasteiger partial charge is 0.327 e. The van der Waals surface area contributed by atoms with Crippen molar-refractivity contribution in [3.8, 4) is 0 Å². The molecule has 0 amide bonds. The first-order chi connectivity index (χ1) is 10.2. The van der Waals surface area contributed by atoms with E-state index in [1.807, 2.05) is 18.5 Å². The average Bonchev–Trinajstić information content (AvgIpc) is 3.05. The Kier molecular flexibility index (Phi) is 4.31. The Balaban J connectivity index is 1.71. The summed E-state index contributed by atoms with van der Waals surface area (Å²) in [6.07, 6.45) is 3.89. The van der Waals surface area contributed by atoms with E-state index in [1.165, 1.54) is 4.70 Å². The van der Waals surface area contributed by atoms with Gasteiger partial charge in [0.05, 0.1) is 23.3 Å². The fourth-order valence-electron chi connectivity index (χ4n) is 2.26. The van der Waals surface area contributed by atoms with E-state index in [-0.39, 0.29) is 0 Å². The first-order valence-corrected chi connectivity index (χ1v) is 8.09. The molecule has 0 aliphatic carbocycles. The lowest BCUT2D eigenvalue weighted by Crippen LogP contribution is -2.21. The maximum Gasteiger partial charge on any atom is 0.123 e. The highest BCUT2D eigenvalue weighted by atomic mass is 32.1. The van der Waals surface area contributed by atoms with Crippen LogP contribution in [0.3, 0.4) is 0 Å². The van der Waals surface area contributed by atoms with Crippen LogP contribution in [0.4, 0.5) is 0 Å². The van der Waals surface area contributed by atoms with Crippen LogP contribution in [0.25, 0.3) is 10.2 Å². The Morgan fingerprint density at radius 2 is 2.14 bits per heavy atom. The highest BCUT2D eigenvalue weighted by Gasteiger charge is 2.07. The zero-order valence-corrected chi connectivity index (χ0v) is 13.2. The van der Waals surface area contributed by atoms with Gasteiger partial charge in [-0.2, -0.15) is 0 Å². The number of thiazole rings is 1. The van der Waals surface area contributed by atoms with Crippen LogP contribution in [0, 0.1) is 5.92 Å². The third-order valence-corrected chi connectivity index (χ3v) is 4.30. The highest BCUT2D eigenvalue weighted by molar-refractivity contribution is 7.18. The highest BCUT2D eigenvalue weighted by Crippen LogP contribution is 2.22. The summed E-state index contributed by atoms with van der Waals surface area (Å²) >= 11 is 1.75. The number of aromatic nitrogens is 3. The van der Waals surface area contributed by atoms with Gasteiger partial charge in [-0.1, -0.05) is 26.0 Å². The number of para-hydroxylation sites is 1. The molecule has 0 spiro atoms. The normalized spacial score (nSPS) is 11.6. The van der Waals surface area contributed by atoms with Gasteiger partial charge in [-0.3, -0.25) is 0 Å². The summed E-state index contributed by atoms with van der Waals surface area (Å²) in [4.78, 5) is 9.13. The van der Waals surface area contributed by atoms with Crippen LogP contribution in [-0.2, 0) is 13.1 Å². The Bertz CT molecular complexity index is 681. The fraction of sp³-hybridized carbons (Fsp3) is 0.375. The second-order valence-corrected chi connectivity index (χ2v) is 6.69. The fourth-order valence-corrected chi connectivity index (χ4v) is 3.22. The van der Waals surface area contributed by atoms with Crippen LogP contribution in [0.2, 0.25) is 0 Å². The molecule has 2 aromatic heterocycles. The van der Waals surface area contributed by atoms with Gasteiger partial charge in [0.2, 0.25) is 0 Å². The third kappa shape index (κ3) is 3.49. The molecule has 0 atom stereocenters. The minimum atomic E-state index is 0.651. The monoisotopic (exact) mass is 300 g/mol. The smallest absolute Gasteiger partial charge is 0.123 e. The van der Waals surface area contributed by atoms with E-state index in [0.29, 0.717) is 5.92 Å². The van der Waals surface area contributed by atoms with Gasteiger partial charge in [-0.05, 0) is 24.6 Å². The molecule has 0 bridgehead atoms. The number of fused-ring (bicyclic) bond motifs is 1. The molecule has 3 aromatic rings. The van der Waals surface area contributed by atoms with Crippen molar-refractivity contribution in [1.29, 1.82) is 0 Å². The molecule has 0 saturated heterocycles. The van der Waals surface area contributed by atoms with Crippen LogP contribution in [-0.4, -0.2) is 21.1 Å². The van der Waals surface area contributed by atoms with Crippen molar-refractivity contribution < 1.29 is 0 Å². The van der Waals surface area contributed by atoms with E-state index in [0.717, 1.165) is 36.0 Å². The van der Waals surface area contributed by atoms with Crippen molar-refractivity contribution in [2.75, 3.05) is 6.54 Å². The lowest BCUT2D eigenvalue weighted by molar-refractivity contribution is 0.533. The number of hydrogen-bond donors (Lipinski definition) is 1. The molecule has 2 heterocycles. The summed E-state index contributed by atoms with van der Waals surface area (Å²) < 4.78 is 3.41. The van der Waals surface area contributed by atoms with Gasteiger partial charge in [0, 0.05) is 12.4 Å². The van der Waals surface area contributed by atoms with Crippen LogP contribution >= 0.6 is 11.3 Å². The zero-order valence-electron chi connectivity index (χ0n) is 12.4. The molecular formula is C16H20N4S. The standard InChI is InChI=1S/C16H20N4S/c1-12(2)9-17-10-15-18-7-8-20(15)11-16-19-13-5-3-4-6-14(13)21-16/h3-8,12,17H,9-11H2,1-2H3. The zero-order chi connectivity index (χ0) is 14.7. The molecule has 0 radical (unpaired) electrons. The van der Waals surface area contributed by atoms with E-state index in [9.17, 15) is 0 Å². The van der Waals surface area contributed by atoms with Crippen LogP contribution < -0.4 is 5.32 Å². The molecular weight excluding hydrogens is 280 g/mol. The first kappa shape index (κ1) is 14.2. The maximum atomic E-state index is 4.69. The van der Waals surface area contributed by atoms with Crippen LogP contribution in [0.1, 0.15) is 24.7 Å². The van der Waals surface area contributed by atoms with E-state index < -0.39 is 0 Å². The van der Waals surface area contributed by atoms with Crippen LogP contribution in [0.5, 0.6) is 0 Å². The van der Waals surface area contributed by atoms with Crippen molar-refractivity contribution in [3.63, 3.8) is 0 Å². The summed E-state index contributed by atoms with van der Waals surface area (Å²) in [5.41, 5.74) is 1.08. The topological polar surface area (TPSA) is 42.7 Å². The van der Waals surface area contributed by atoms with Crippen LogP contribution in [0.15, 0.2) is 36.7 Å². The summed E-state index contributed by atoms with van der Waals surface area (Å²) in [7, 11) is 0. The van der Waals surface area contributed by atoms with Gasteiger partial charge < -0.3 is 9.88 Å². The van der Waals surface area contributed by atoms with E-state index >= 15 is 0 Å². The van der Waals surface area contributed by atoms with Crippen molar-refractivity contribution in [2.24, 2.45) is 5.92 Å². The molecule has 0 saturated carbocycles. The van der Waals surface area contributed by atoms with Crippen molar-refractivity contribution in [1.82, 2.24) is 19.9 Å². The Labute approximate surface area is 128 Å². The summed E-state index contributed by atoms with van der Waals surface area (Å²) in [6.45, 7) is 7.02. The van der Waals surface area contributed by atoms with Crippen molar-refractivity contribution >= 4 is 21.6 Å². The van der Waals surface area contributed by atoms with Gasteiger partial charge in [-0.25, -0.2) is 9.97 Å². The molecule has 4 nitrogen and oxygen atoms in total. The maximum absolute atomic E-state index is 4.69. The van der Waals surface area contributed by atoms with Gasteiger partial charge in [0.15, 0.2) is 0 Å². The lowest BCUT2D eigenvalue weighted by Gasteiger charge is -2.09. The molecule has 0 unspecified atom stereocenters. The minimum Gasteiger partial charge on any atom is -0.327 e.